The van der Waals surface area contributed by atoms with Crippen LogP contribution >= 0.6 is 47.1 Å². The molecule has 6 heteroatoms. The molecule has 0 fully saturated rings. The SMILES string of the molecule is CCNC(=NCC(C)c1cccs1)NCCCCSC.I. The molecule has 122 valence electrons. The van der Waals surface area contributed by atoms with Crippen molar-refractivity contribution in [3.8, 4) is 0 Å². The predicted octanol–water partition coefficient (Wildman–Crippen LogP) is 4.17. The van der Waals surface area contributed by atoms with Gasteiger partial charge >= 0.3 is 0 Å². The molecule has 0 amide bonds. The zero-order valence-electron chi connectivity index (χ0n) is 13.2. The topological polar surface area (TPSA) is 36.4 Å². The number of thioether (sulfide) groups is 1. The molecule has 0 aliphatic carbocycles. The van der Waals surface area contributed by atoms with Crippen molar-refractivity contribution in [2.45, 2.75) is 32.6 Å². The van der Waals surface area contributed by atoms with Gasteiger partial charge in [0.25, 0.3) is 0 Å². The Morgan fingerprint density at radius 2 is 2.19 bits per heavy atom. The molecular weight excluding hydrogens is 413 g/mol. The van der Waals surface area contributed by atoms with E-state index in [1.54, 1.807) is 0 Å². The Morgan fingerprint density at radius 3 is 2.81 bits per heavy atom. The van der Waals surface area contributed by atoms with E-state index in [0.717, 1.165) is 25.6 Å². The van der Waals surface area contributed by atoms with Crippen LogP contribution in [0.5, 0.6) is 0 Å². The van der Waals surface area contributed by atoms with E-state index >= 15 is 0 Å². The highest BCUT2D eigenvalue weighted by Gasteiger charge is 2.06. The zero-order valence-corrected chi connectivity index (χ0v) is 17.2. The Morgan fingerprint density at radius 1 is 1.38 bits per heavy atom. The molecular formula is C15H28IN3S2. The number of aliphatic imine (C=N–C) groups is 1. The Balaban J connectivity index is 0.00000400. The summed E-state index contributed by atoms with van der Waals surface area (Å²) in [5, 5.41) is 8.85. The summed E-state index contributed by atoms with van der Waals surface area (Å²) in [7, 11) is 0. The number of thiophene rings is 1. The average molecular weight is 441 g/mol. The number of halogens is 1. The van der Waals surface area contributed by atoms with Gasteiger partial charge in [0.15, 0.2) is 5.96 Å². The van der Waals surface area contributed by atoms with Crippen LogP contribution in [0, 0.1) is 0 Å². The number of hydrogen-bond donors (Lipinski definition) is 2. The van der Waals surface area contributed by atoms with Gasteiger partial charge in [-0.1, -0.05) is 13.0 Å². The fourth-order valence-corrected chi connectivity index (χ4v) is 3.08. The Bertz CT molecular complexity index is 369. The lowest BCUT2D eigenvalue weighted by Crippen LogP contribution is -2.38. The number of unbranched alkanes of at least 4 members (excludes halogenated alkanes) is 1. The summed E-state index contributed by atoms with van der Waals surface area (Å²) >= 11 is 3.72. The normalized spacial score (nSPS) is 12.6. The van der Waals surface area contributed by atoms with Gasteiger partial charge in [0, 0.05) is 23.9 Å². The molecule has 0 aromatic carbocycles. The summed E-state index contributed by atoms with van der Waals surface area (Å²) in [4.78, 5) is 6.09. The van der Waals surface area contributed by atoms with E-state index in [9.17, 15) is 0 Å². The van der Waals surface area contributed by atoms with Crippen LogP contribution in [0.1, 0.15) is 37.5 Å². The number of nitrogens with zero attached hydrogens (tertiary/aromatic N) is 1. The van der Waals surface area contributed by atoms with E-state index < -0.39 is 0 Å². The van der Waals surface area contributed by atoms with Crippen LogP contribution < -0.4 is 10.6 Å². The molecule has 0 spiro atoms. The Labute approximate surface area is 154 Å². The Kier molecular flexibility index (Phi) is 13.7. The van der Waals surface area contributed by atoms with Crippen molar-refractivity contribution in [2.24, 2.45) is 4.99 Å². The molecule has 21 heavy (non-hydrogen) atoms. The second-order valence-corrected chi connectivity index (χ2v) is 6.73. The number of nitrogens with one attached hydrogen (secondary N) is 2. The van der Waals surface area contributed by atoms with E-state index in [1.165, 1.54) is 23.5 Å². The summed E-state index contributed by atoms with van der Waals surface area (Å²) in [6.45, 7) is 7.08. The lowest BCUT2D eigenvalue weighted by atomic mass is 10.1. The van der Waals surface area contributed by atoms with Gasteiger partial charge in [-0.3, -0.25) is 4.99 Å². The van der Waals surface area contributed by atoms with E-state index in [0.29, 0.717) is 5.92 Å². The van der Waals surface area contributed by atoms with Crippen molar-refractivity contribution in [2.75, 3.05) is 31.6 Å². The van der Waals surface area contributed by atoms with Gasteiger partial charge in [0.05, 0.1) is 6.54 Å². The largest absolute Gasteiger partial charge is 0.357 e. The third kappa shape index (κ3) is 9.63. The van der Waals surface area contributed by atoms with Gasteiger partial charge < -0.3 is 10.6 Å². The van der Waals surface area contributed by atoms with Crippen molar-refractivity contribution in [3.63, 3.8) is 0 Å². The molecule has 1 rings (SSSR count). The van der Waals surface area contributed by atoms with E-state index in [2.05, 4.69) is 53.2 Å². The molecule has 0 saturated carbocycles. The molecule has 0 saturated heterocycles. The second kappa shape index (κ2) is 13.7. The fraction of sp³-hybridized carbons (Fsp3) is 0.667. The first kappa shape index (κ1) is 21.0. The lowest BCUT2D eigenvalue weighted by molar-refractivity contribution is 0.722. The maximum atomic E-state index is 4.68. The third-order valence-corrected chi connectivity index (χ3v) is 4.76. The first-order valence-corrected chi connectivity index (χ1v) is 9.59. The van der Waals surface area contributed by atoms with Crippen molar-refractivity contribution in [3.05, 3.63) is 22.4 Å². The highest BCUT2D eigenvalue weighted by Crippen LogP contribution is 2.20. The summed E-state index contributed by atoms with van der Waals surface area (Å²) < 4.78 is 0. The molecule has 2 N–H and O–H groups in total. The van der Waals surface area contributed by atoms with Crippen molar-refractivity contribution in [1.29, 1.82) is 0 Å². The third-order valence-electron chi connectivity index (χ3n) is 2.96. The molecule has 1 atom stereocenters. The van der Waals surface area contributed by atoms with Crippen molar-refractivity contribution >= 4 is 53.0 Å². The first-order chi connectivity index (χ1) is 9.77. The summed E-state index contributed by atoms with van der Waals surface area (Å²) in [6.07, 6.45) is 4.62. The number of hydrogen-bond acceptors (Lipinski definition) is 3. The highest BCUT2D eigenvalue weighted by atomic mass is 127. The summed E-state index contributed by atoms with van der Waals surface area (Å²) in [6, 6.07) is 4.29. The standard InChI is InChI=1S/C15H27N3S2.HI/c1-4-16-15(17-9-5-6-10-19-3)18-12-13(2)14-8-7-11-20-14;/h7-8,11,13H,4-6,9-10,12H2,1-3H3,(H2,16,17,18);1H. The summed E-state index contributed by atoms with van der Waals surface area (Å²) in [5.74, 6) is 2.67. The molecule has 1 heterocycles. The van der Waals surface area contributed by atoms with E-state index in [1.807, 2.05) is 23.1 Å². The minimum atomic E-state index is 0. The van der Waals surface area contributed by atoms with E-state index in [4.69, 9.17) is 0 Å². The van der Waals surface area contributed by atoms with Crippen LogP contribution in [-0.4, -0.2) is 37.6 Å². The first-order valence-electron chi connectivity index (χ1n) is 7.32. The molecule has 0 aliphatic rings. The highest BCUT2D eigenvalue weighted by molar-refractivity contribution is 14.0. The van der Waals surface area contributed by atoms with Gasteiger partial charge in [0.2, 0.25) is 0 Å². The van der Waals surface area contributed by atoms with Gasteiger partial charge in [-0.15, -0.1) is 35.3 Å². The molecule has 3 nitrogen and oxygen atoms in total. The molecule has 0 aliphatic heterocycles. The monoisotopic (exact) mass is 441 g/mol. The quantitative estimate of drug-likeness (QED) is 0.261. The molecule has 1 unspecified atom stereocenters. The minimum Gasteiger partial charge on any atom is -0.357 e. The van der Waals surface area contributed by atoms with Crippen molar-refractivity contribution < 1.29 is 0 Å². The maximum absolute atomic E-state index is 4.68. The molecule has 1 aromatic rings. The van der Waals surface area contributed by atoms with E-state index in [-0.39, 0.29) is 24.0 Å². The van der Waals surface area contributed by atoms with Crippen LogP contribution in [0.3, 0.4) is 0 Å². The predicted molar refractivity (Wildman–Crippen MR) is 110 cm³/mol. The van der Waals surface area contributed by atoms with Gasteiger partial charge in [0.1, 0.15) is 0 Å². The fourth-order valence-electron chi connectivity index (χ4n) is 1.81. The van der Waals surface area contributed by atoms with Crippen LogP contribution in [0.2, 0.25) is 0 Å². The minimum absolute atomic E-state index is 0. The van der Waals surface area contributed by atoms with Crippen LogP contribution in [0.15, 0.2) is 22.5 Å². The van der Waals surface area contributed by atoms with Crippen LogP contribution in [0.25, 0.3) is 0 Å². The molecule has 0 bridgehead atoms. The van der Waals surface area contributed by atoms with Crippen LogP contribution in [-0.2, 0) is 0 Å². The smallest absolute Gasteiger partial charge is 0.191 e. The lowest BCUT2D eigenvalue weighted by Gasteiger charge is -2.12. The van der Waals surface area contributed by atoms with Crippen LogP contribution in [0.4, 0.5) is 0 Å². The number of guanidine groups is 1. The molecule has 0 radical (unpaired) electrons. The number of rotatable bonds is 9. The maximum Gasteiger partial charge on any atom is 0.191 e. The van der Waals surface area contributed by atoms with Gasteiger partial charge in [-0.05, 0) is 43.2 Å². The summed E-state index contributed by atoms with van der Waals surface area (Å²) in [5.41, 5.74) is 0. The Hall–Kier alpha value is 0.0500. The van der Waals surface area contributed by atoms with Gasteiger partial charge in [-0.25, -0.2) is 0 Å². The second-order valence-electron chi connectivity index (χ2n) is 4.76. The zero-order chi connectivity index (χ0) is 14.6. The molecule has 1 aromatic heterocycles. The van der Waals surface area contributed by atoms with Crippen molar-refractivity contribution in [1.82, 2.24) is 10.6 Å². The van der Waals surface area contributed by atoms with Gasteiger partial charge in [-0.2, -0.15) is 11.8 Å². The average Bonchev–Trinajstić information content (AvgIpc) is 2.98.